The van der Waals surface area contributed by atoms with Crippen LogP contribution in [0, 0.1) is 0 Å². The topological polar surface area (TPSA) is 24.5 Å². The van der Waals surface area contributed by atoms with Crippen LogP contribution in [0.3, 0.4) is 0 Å². The summed E-state index contributed by atoms with van der Waals surface area (Å²) in [4.78, 5) is 2.62. The zero-order valence-electron chi connectivity index (χ0n) is 9.86. The van der Waals surface area contributed by atoms with Crippen LogP contribution in [-0.4, -0.2) is 60.8 Å². The summed E-state index contributed by atoms with van der Waals surface area (Å²) in [6.07, 6.45) is 4.60. The average Bonchev–Trinajstić information content (AvgIpc) is 3.05. The van der Waals surface area contributed by atoms with Crippen molar-refractivity contribution in [2.75, 3.05) is 37.7 Å². The molecule has 3 rings (SSSR count). The Morgan fingerprint density at radius 2 is 2.25 bits per heavy atom. The van der Waals surface area contributed by atoms with E-state index in [1.807, 2.05) is 0 Å². The molecule has 2 unspecified atom stereocenters. The summed E-state index contributed by atoms with van der Waals surface area (Å²) in [5.41, 5.74) is 0. The van der Waals surface area contributed by atoms with Gasteiger partial charge in [0.05, 0.1) is 12.7 Å². The zero-order valence-corrected chi connectivity index (χ0v) is 10.7. The van der Waals surface area contributed by atoms with Crippen LogP contribution in [0.2, 0.25) is 0 Å². The van der Waals surface area contributed by atoms with Crippen LogP contribution < -0.4 is 5.32 Å². The van der Waals surface area contributed by atoms with E-state index in [1.54, 1.807) is 0 Å². The minimum atomic E-state index is 0.431. The van der Waals surface area contributed by atoms with Crippen LogP contribution in [0.5, 0.6) is 0 Å². The third-order valence-electron chi connectivity index (χ3n) is 3.80. The molecule has 16 heavy (non-hydrogen) atoms. The van der Waals surface area contributed by atoms with Gasteiger partial charge in [0.2, 0.25) is 0 Å². The van der Waals surface area contributed by atoms with Gasteiger partial charge in [-0.2, -0.15) is 11.8 Å². The Kier molecular flexibility index (Phi) is 3.72. The Morgan fingerprint density at radius 3 is 3.00 bits per heavy atom. The summed E-state index contributed by atoms with van der Waals surface area (Å²) in [7, 11) is 0. The van der Waals surface area contributed by atoms with Gasteiger partial charge in [0.1, 0.15) is 0 Å². The molecule has 1 saturated carbocycles. The molecule has 0 aromatic carbocycles. The molecule has 2 atom stereocenters. The molecule has 0 aromatic rings. The van der Waals surface area contributed by atoms with Crippen LogP contribution in [0.4, 0.5) is 0 Å². The van der Waals surface area contributed by atoms with Gasteiger partial charge in [-0.05, 0) is 25.0 Å². The highest BCUT2D eigenvalue weighted by Gasteiger charge is 2.33. The largest absolute Gasteiger partial charge is 0.374 e. The first-order valence-electron chi connectivity index (χ1n) is 6.58. The molecule has 92 valence electrons. The van der Waals surface area contributed by atoms with E-state index in [4.69, 9.17) is 4.74 Å². The van der Waals surface area contributed by atoms with E-state index in [9.17, 15) is 0 Å². The highest BCUT2D eigenvalue weighted by Crippen LogP contribution is 2.28. The third-order valence-corrected chi connectivity index (χ3v) is 4.96. The van der Waals surface area contributed by atoms with Gasteiger partial charge in [0, 0.05) is 37.5 Å². The van der Waals surface area contributed by atoms with Crippen molar-refractivity contribution >= 4 is 11.8 Å². The molecule has 2 saturated heterocycles. The third kappa shape index (κ3) is 2.92. The molecule has 1 aliphatic carbocycles. The number of thioether (sulfide) groups is 1. The van der Waals surface area contributed by atoms with E-state index in [-0.39, 0.29) is 0 Å². The standard InChI is InChI=1S/C12H22N2OS/c1-2-11(1)14-4-5-15-12(8-14)7-13-10-3-6-16-9-10/h10-13H,1-9H2. The number of hydrogen-bond acceptors (Lipinski definition) is 4. The Morgan fingerprint density at radius 1 is 1.31 bits per heavy atom. The molecule has 3 nitrogen and oxygen atoms in total. The van der Waals surface area contributed by atoms with E-state index in [1.165, 1.54) is 30.8 Å². The molecule has 2 aliphatic heterocycles. The second-order valence-corrected chi connectivity index (χ2v) is 6.34. The maximum atomic E-state index is 5.83. The van der Waals surface area contributed by atoms with Gasteiger partial charge in [0.25, 0.3) is 0 Å². The molecule has 0 aromatic heterocycles. The summed E-state index contributed by atoms with van der Waals surface area (Å²) in [6.45, 7) is 4.29. The fraction of sp³-hybridized carbons (Fsp3) is 1.00. The SMILES string of the molecule is C1CN(C2CC2)CC(CNC2CCSC2)O1. The molecule has 3 aliphatic rings. The number of nitrogens with zero attached hydrogens (tertiary/aromatic N) is 1. The minimum absolute atomic E-state index is 0.431. The number of morpholine rings is 1. The molecule has 3 fully saturated rings. The van der Waals surface area contributed by atoms with Crippen molar-refractivity contribution in [1.29, 1.82) is 0 Å². The van der Waals surface area contributed by atoms with Crippen molar-refractivity contribution in [2.24, 2.45) is 0 Å². The highest BCUT2D eigenvalue weighted by atomic mass is 32.2. The summed E-state index contributed by atoms with van der Waals surface area (Å²) in [5, 5.41) is 3.66. The molecular weight excluding hydrogens is 220 g/mol. The fourth-order valence-electron chi connectivity index (χ4n) is 2.63. The van der Waals surface area contributed by atoms with Crippen molar-refractivity contribution in [1.82, 2.24) is 10.2 Å². The maximum absolute atomic E-state index is 5.83. The Bertz CT molecular complexity index is 229. The fourth-order valence-corrected chi connectivity index (χ4v) is 3.82. The van der Waals surface area contributed by atoms with Crippen LogP contribution in [-0.2, 0) is 4.74 Å². The van der Waals surface area contributed by atoms with E-state index in [0.29, 0.717) is 6.10 Å². The molecule has 1 N–H and O–H groups in total. The molecule has 2 heterocycles. The average molecular weight is 242 g/mol. The normalized spacial score (nSPS) is 36.8. The summed E-state index contributed by atoms with van der Waals surface area (Å²) in [6, 6.07) is 1.64. The van der Waals surface area contributed by atoms with Gasteiger partial charge in [-0.3, -0.25) is 4.90 Å². The van der Waals surface area contributed by atoms with Crippen LogP contribution in [0.25, 0.3) is 0 Å². The molecule has 4 heteroatoms. The quantitative estimate of drug-likeness (QED) is 0.793. The van der Waals surface area contributed by atoms with Gasteiger partial charge < -0.3 is 10.1 Å². The molecule has 0 radical (unpaired) electrons. The van der Waals surface area contributed by atoms with E-state index in [2.05, 4.69) is 22.0 Å². The smallest absolute Gasteiger partial charge is 0.0826 e. The van der Waals surface area contributed by atoms with Crippen molar-refractivity contribution in [3.63, 3.8) is 0 Å². The lowest BCUT2D eigenvalue weighted by atomic mass is 10.2. The molecule has 0 amide bonds. The lowest BCUT2D eigenvalue weighted by Gasteiger charge is -2.33. The summed E-state index contributed by atoms with van der Waals surface area (Å²) >= 11 is 2.07. The van der Waals surface area contributed by atoms with Crippen molar-refractivity contribution in [3.05, 3.63) is 0 Å². The minimum Gasteiger partial charge on any atom is -0.374 e. The molecular formula is C12H22N2OS. The van der Waals surface area contributed by atoms with Crippen molar-refractivity contribution < 1.29 is 4.74 Å². The lowest BCUT2D eigenvalue weighted by molar-refractivity contribution is -0.0308. The first-order valence-corrected chi connectivity index (χ1v) is 7.74. The van der Waals surface area contributed by atoms with Crippen LogP contribution in [0.1, 0.15) is 19.3 Å². The van der Waals surface area contributed by atoms with Gasteiger partial charge in [-0.25, -0.2) is 0 Å². The summed E-state index contributed by atoms with van der Waals surface area (Å²) < 4.78 is 5.83. The monoisotopic (exact) mass is 242 g/mol. The number of nitrogens with one attached hydrogen (secondary N) is 1. The summed E-state index contributed by atoms with van der Waals surface area (Å²) in [5.74, 6) is 2.62. The number of ether oxygens (including phenoxy) is 1. The van der Waals surface area contributed by atoms with Crippen molar-refractivity contribution in [3.8, 4) is 0 Å². The number of hydrogen-bond donors (Lipinski definition) is 1. The Balaban J connectivity index is 1.39. The second-order valence-electron chi connectivity index (χ2n) is 5.19. The number of rotatable bonds is 4. The van der Waals surface area contributed by atoms with Crippen LogP contribution >= 0.6 is 11.8 Å². The predicted octanol–water partition coefficient (Wildman–Crippen LogP) is 0.945. The Hall–Kier alpha value is 0.230. The first-order chi connectivity index (χ1) is 7.92. The first kappa shape index (κ1) is 11.3. The zero-order chi connectivity index (χ0) is 10.8. The second kappa shape index (κ2) is 5.25. The van der Waals surface area contributed by atoms with Gasteiger partial charge >= 0.3 is 0 Å². The van der Waals surface area contributed by atoms with Gasteiger partial charge in [-0.1, -0.05) is 0 Å². The maximum Gasteiger partial charge on any atom is 0.0826 e. The van der Waals surface area contributed by atoms with E-state index in [0.717, 1.165) is 38.3 Å². The van der Waals surface area contributed by atoms with E-state index < -0.39 is 0 Å². The Labute approximate surface area is 102 Å². The predicted molar refractivity (Wildman–Crippen MR) is 68.1 cm³/mol. The van der Waals surface area contributed by atoms with E-state index >= 15 is 0 Å². The highest BCUT2D eigenvalue weighted by molar-refractivity contribution is 7.99. The van der Waals surface area contributed by atoms with Gasteiger partial charge in [-0.15, -0.1) is 0 Å². The van der Waals surface area contributed by atoms with Gasteiger partial charge in [0.15, 0.2) is 0 Å². The van der Waals surface area contributed by atoms with Crippen LogP contribution in [0.15, 0.2) is 0 Å². The van der Waals surface area contributed by atoms with Crippen molar-refractivity contribution in [2.45, 2.75) is 37.5 Å². The lowest BCUT2D eigenvalue weighted by Crippen LogP contribution is -2.48. The molecule has 0 spiro atoms. The molecule has 0 bridgehead atoms.